The Morgan fingerprint density at radius 1 is 0.952 bits per heavy atom. The van der Waals surface area contributed by atoms with Crippen molar-refractivity contribution in [2.45, 2.75) is 12.6 Å². The van der Waals surface area contributed by atoms with E-state index in [1.165, 1.54) is 22.5 Å². The number of thiazole rings is 1. The van der Waals surface area contributed by atoms with Crippen molar-refractivity contribution < 1.29 is 0 Å². The molecule has 1 aromatic heterocycles. The van der Waals surface area contributed by atoms with E-state index in [1.807, 2.05) is 41.8 Å². The molecule has 0 aliphatic rings. The van der Waals surface area contributed by atoms with E-state index >= 15 is 0 Å². The maximum atomic E-state index is 11.2. The van der Waals surface area contributed by atoms with Crippen LogP contribution in [0.5, 0.6) is 0 Å². The van der Waals surface area contributed by atoms with Crippen molar-refractivity contribution in [1.29, 1.82) is 0 Å². The fourth-order valence-electron chi connectivity index (χ4n) is 2.33. The fraction of sp³-hybridized carbons (Fsp3) is 0.118. The summed E-state index contributed by atoms with van der Waals surface area (Å²) in [5, 5.41) is 5.38. The quantitative estimate of drug-likeness (QED) is 0.758. The Labute approximate surface area is 127 Å². The van der Waals surface area contributed by atoms with Gasteiger partial charge in [-0.3, -0.25) is 4.79 Å². The van der Waals surface area contributed by atoms with Gasteiger partial charge < -0.3 is 10.3 Å². The number of hydrogen-bond acceptors (Lipinski definition) is 3. The van der Waals surface area contributed by atoms with Crippen LogP contribution in [0.1, 0.15) is 22.9 Å². The summed E-state index contributed by atoms with van der Waals surface area (Å²) in [6, 6.07) is 20.8. The summed E-state index contributed by atoms with van der Waals surface area (Å²) >= 11 is 1.20. The molecule has 0 saturated heterocycles. The minimum Gasteiger partial charge on any atom is -0.315 e. The first-order valence-electron chi connectivity index (χ1n) is 6.83. The van der Waals surface area contributed by atoms with Crippen molar-refractivity contribution >= 4 is 11.3 Å². The molecular weight excluding hydrogens is 280 g/mol. The van der Waals surface area contributed by atoms with Gasteiger partial charge in [-0.1, -0.05) is 72.0 Å². The van der Waals surface area contributed by atoms with E-state index in [2.05, 4.69) is 34.6 Å². The van der Waals surface area contributed by atoms with E-state index in [1.54, 1.807) is 0 Å². The number of benzene rings is 2. The Morgan fingerprint density at radius 2 is 1.52 bits per heavy atom. The van der Waals surface area contributed by atoms with Crippen LogP contribution < -0.4 is 10.2 Å². The van der Waals surface area contributed by atoms with E-state index in [9.17, 15) is 4.79 Å². The molecule has 3 rings (SSSR count). The summed E-state index contributed by atoms with van der Waals surface area (Å²) in [4.78, 5) is 14.0. The van der Waals surface area contributed by atoms with Gasteiger partial charge in [-0.15, -0.1) is 0 Å². The Morgan fingerprint density at radius 3 is 2.00 bits per heavy atom. The van der Waals surface area contributed by atoms with Crippen LogP contribution in [0.15, 0.2) is 70.8 Å². The Hall–Kier alpha value is -2.17. The molecule has 0 saturated carbocycles. The summed E-state index contributed by atoms with van der Waals surface area (Å²) in [7, 11) is 0. The van der Waals surface area contributed by atoms with Crippen LogP contribution in [-0.4, -0.2) is 4.98 Å². The zero-order valence-corrected chi connectivity index (χ0v) is 12.3. The lowest BCUT2D eigenvalue weighted by molar-refractivity contribution is 0.598. The monoisotopic (exact) mass is 296 g/mol. The van der Waals surface area contributed by atoms with Crippen molar-refractivity contribution in [2.75, 3.05) is 0 Å². The van der Waals surface area contributed by atoms with Gasteiger partial charge in [-0.05, 0) is 11.1 Å². The third-order valence-electron chi connectivity index (χ3n) is 3.33. The van der Waals surface area contributed by atoms with Gasteiger partial charge in [-0.2, -0.15) is 0 Å². The van der Waals surface area contributed by atoms with Crippen molar-refractivity contribution in [3.8, 4) is 0 Å². The normalized spacial score (nSPS) is 10.9. The summed E-state index contributed by atoms with van der Waals surface area (Å²) in [6.07, 6.45) is 0. The number of rotatable bonds is 5. The van der Waals surface area contributed by atoms with E-state index in [-0.39, 0.29) is 10.9 Å². The van der Waals surface area contributed by atoms with Crippen LogP contribution >= 0.6 is 11.3 Å². The number of H-pyrrole nitrogens is 1. The van der Waals surface area contributed by atoms with Crippen molar-refractivity contribution in [3.63, 3.8) is 0 Å². The van der Waals surface area contributed by atoms with Crippen molar-refractivity contribution in [2.24, 2.45) is 0 Å². The van der Waals surface area contributed by atoms with Crippen LogP contribution in [0.4, 0.5) is 0 Å². The second-order valence-corrected chi connectivity index (χ2v) is 5.65. The molecule has 21 heavy (non-hydrogen) atoms. The Balaban J connectivity index is 1.84. The first kappa shape index (κ1) is 13.8. The highest BCUT2D eigenvalue weighted by Crippen LogP contribution is 2.22. The zero-order chi connectivity index (χ0) is 14.5. The van der Waals surface area contributed by atoms with E-state index < -0.39 is 0 Å². The van der Waals surface area contributed by atoms with E-state index in [0.29, 0.717) is 6.54 Å². The minimum absolute atomic E-state index is 0.0113. The highest BCUT2D eigenvalue weighted by Gasteiger charge is 2.13. The summed E-state index contributed by atoms with van der Waals surface area (Å²) in [5.74, 6) is 0. The van der Waals surface area contributed by atoms with E-state index in [4.69, 9.17) is 0 Å². The van der Waals surface area contributed by atoms with Crippen LogP contribution in [0.25, 0.3) is 0 Å². The zero-order valence-electron chi connectivity index (χ0n) is 11.5. The second kappa shape index (κ2) is 6.52. The number of nitrogens with one attached hydrogen (secondary N) is 2. The third-order valence-corrected chi connectivity index (χ3v) is 4.05. The highest BCUT2D eigenvalue weighted by atomic mass is 32.1. The standard InChI is InChI=1S/C17H16N2OS/c20-17-19-15(12-21-17)11-18-16(13-7-3-1-4-8-13)14-9-5-2-6-10-14/h1-10,12,16,18H,11H2,(H,19,20). The maximum Gasteiger partial charge on any atom is 0.304 e. The average Bonchev–Trinajstić information content (AvgIpc) is 2.95. The van der Waals surface area contributed by atoms with Gasteiger partial charge in [0.25, 0.3) is 0 Å². The lowest BCUT2D eigenvalue weighted by Crippen LogP contribution is -2.22. The predicted octanol–water partition coefficient (Wildman–Crippen LogP) is 3.32. The predicted molar refractivity (Wildman–Crippen MR) is 86.5 cm³/mol. The molecule has 106 valence electrons. The van der Waals surface area contributed by atoms with Gasteiger partial charge in [0, 0.05) is 17.6 Å². The average molecular weight is 296 g/mol. The van der Waals surface area contributed by atoms with Gasteiger partial charge >= 0.3 is 4.87 Å². The third kappa shape index (κ3) is 3.48. The lowest BCUT2D eigenvalue weighted by Gasteiger charge is -2.19. The first-order valence-corrected chi connectivity index (χ1v) is 7.71. The highest BCUT2D eigenvalue weighted by molar-refractivity contribution is 7.07. The fourth-order valence-corrected chi connectivity index (χ4v) is 2.91. The Bertz CT molecular complexity index is 694. The molecule has 0 bridgehead atoms. The molecule has 2 aromatic carbocycles. The molecule has 0 aliphatic heterocycles. The summed E-state index contributed by atoms with van der Waals surface area (Å²) in [5.41, 5.74) is 3.34. The van der Waals surface area contributed by atoms with Crippen molar-refractivity contribution in [1.82, 2.24) is 10.3 Å². The van der Waals surface area contributed by atoms with Gasteiger partial charge in [-0.25, -0.2) is 0 Å². The number of aromatic amines is 1. The SMILES string of the molecule is O=c1[nH]c(CNC(c2ccccc2)c2ccccc2)cs1. The number of aromatic nitrogens is 1. The molecule has 0 amide bonds. The van der Waals surface area contributed by atoms with Gasteiger partial charge in [0.2, 0.25) is 0 Å². The molecule has 0 fully saturated rings. The van der Waals surface area contributed by atoms with Gasteiger partial charge in [0.1, 0.15) is 0 Å². The molecule has 3 nitrogen and oxygen atoms in total. The maximum absolute atomic E-state index is 11.2. The molecule has 4 heteroatoms. The second-order valence-electron chi connectivity index (χ2n) is 4.81. The molecule has 3 aromatic rings. The summed E-state index contributed by atoms with van der Waals surface area (Å²) in [6.45, 7) is 0.632. The summed E-state index contributed by atoms with van der Waals surface area (Å²) < 4.78 is 0. The van der Waals surface area contributed by atoms with Crippen molar-refractivity contribution in [3.05, 3.63) is 92.5 Å². The topological polar surface area (TPSA) is 44.9 Å². The molecule has 0 spiro atoms. The molecule has 0 radical (unpaired) electrons. The molecule has 0 aliphatic carbocycles. The molecular formula is C17H16N2OS. The van der Waals surface area contributed by atoms with Crippen LogP contribution in [0, 0.1) is 0 Å². The lowest BCUT2D eigenvalue weighted by atomic mass is 9.99. The van der Waals surface area contributed by atoms with Crippen LogP contribution in [-0.2, 0) is 6.54 Å². The van der Waals surface area contributed by atoms with Gasteiger partial charge in [0.15, 0.2) is 0 Å². The first-order chi connectivity index (χ1) is 10.3. The molecule has 0 atom stereocenters. The largest absolute Gasteiger partial charge is 0.315 e. The minimum atomic E-state index is -0.0113. The smallest absolute Gasteiger partial charge is 0.304 e. The molecule has 0 unspecified atom stereocenters. The van der Waals surface area contributed by atoms with Crippen LogP contribution in [0.3, 0.4) is 0 Å². The van der Waals surface area contributed by atoms with Crippen LogP contribution in [0.2, 0.25) is 0 Å². The van der Waals surface area contributed by atoms with Gasteiger partial charge in [0.05, 0.1) is 6.04 Å². The molecule has 2 N–H and O–H groups in total. The Kier molecular flexibility index (Phi) is 4.28. The molecule has 1 heterocycles. The van der Waals surface area contributed by atoms with E-state index in [0.717, 1.165) is 5.69 Å². The number of hydrogen-bond donors (Lipinski definition) is 2.